The molecule has 0 amide bonds. The highest BCUT2D eigenvalue weighted by molar-refractivity contribution is 6.30. The number of aromatic hydroxyl groups is 2. The number of rotatable bonds is 1. The van der Waals surface area contributed by atoms with Gasteiger partial charge in [-0.25, -0.2) is 4.79 Å². The van der Waals surface area contributed by atoms with Crippen molar-refractivity contribution in [2.24, 2.45) is 0 Å². The largest absolute Gasteiger partial charge is 0.508 e. The van der Waals surface area contributed by atoms with Gasteiger partial charge in [0, 0.05) is 16.7 Å². The number of fused-ring (bicyclic) bond motifs is 2. The Morgan fingerprint density at radius 2 is 1.52 bits per heavy atom. The zero-order valence-electron chi connectivity index (χ0n) is 10.5. The standard InChI is InChI=1S/C15H8O6/c16-6-1-2-7-9(5-6)13(18)8-3-4-10(17)12(15(20)21)11(8)14(7)19/h1-5,16-17H,(H,20,21). The second kappa shape index (κ2) is 4.17. The molecular formula is C15H8O6. The average Bonchev–Trinajstić information content (AvgIpc) is 2.43. The summed E-state index contributed by atoms with van der Waals surface area (Å²) in [4.78, 5) is 36.0. The van der Waals surface area contributed by atoms with Crippen LogP contribution in [0.2, 0.25) is 0 Å². The number of ketones is 2. The molecule has 104 valence electrons. The quantitative estimate of drug-likeness (QED) is 0.625. The summed E-state index contributed by atoms with van der Waals surface area (Å²) in [7, 11) is 0. The summed E-state index contributed by atoms with van der Waals surface area (Å²) in [6.07, 6.45) is 0. The molecule has 21 heavy (non-hydrogen) atoms. The van der Waals surface area contributed by atoms with Crippen LogP contribution in [0.3, 0.4) is 0 Å². The van der Waals surface area contributed by atoms with Gasteiger partial charge in [0.05, 0.1) is 5.56 Å². The molecule has 1 aliphatic carbocycles. The third-order valence-corrected chi connectivity index (χ3v) is 3.36. The summed E-state index contributed by atoms with van der Waals surface area (Å²) in [5.74, 6) is -3.49. The summed E-state index contributed by atoms with van der Waals surface area (Å²) in [6, 6.07) is 5.90. The fourth-order valence-electron chi connectivity index (χ4n) is 2.43. The van der Waals surface area contributed by atoms with E-state index >= 15 is 0 Å². The molecule has 0 unspecified atom stereocenters. The van der Waals surface area contributed by atoms with Crippen molar-refractivity contribution in [2.75, 3.05) is 0 Å². The van der Waals surface area contributed by atoms with Crippen molar-refractivity contribution in [2.45, 2.75) is 0 Å². The Morgan fingerprint density at radius 3 is 2.19 bits per heavy atom. The van der Waals surface area contributed by atoms with E-state index in [-0.39, 0.29) is 28.0 Å². The Kier molecular flexibility index (Phi) is 2.56. The molecule has 0 saturated heterocycles. The molecule has 0 fully saturated rings. The predicted molar refractivity (Wildman–Crippen MR) is 70.0 cm³/mol. The zero-order valence-corrected chi connectivity index (χ0v) is 10.5. The smallest absolute Gasteiger partial charge is 0.340 e. The molecule has 6 nitrogen and oxygen atoms in total. The summed E-state index contributed by atoms with van der Waals surface area (Å²) >= 11 is 0. The molecule has 0 aliphatic heterocycles. The van der Waals surface area contributed by atoms with Gasteiger partial charge in [-0.3, -0.25) is 9.59 Å². The fourth-order valence-corrected chi connectivity index (χ4v) is 2.43. The monoisotopic (exact) mass is 284 g/mol. The van der Waals surface area contributed by atoms with Crippen LogP contribution < -0.4 is 0 Å². The van der Waals surface area contributed by atoms with Crippen molar-refractivity contribution in [3.63, 3.8) is 0 Å². The maximum Gasteiger partial charge on any atom is 0.340 e. The number of carbonyl (C=O) groups excluding carboxylic acids is 2. The van der Waals surface area contributed by atoms with E-state index in [0.717, 1.165) is 12.1 Å². The molecule has 2 aromatic carbocycles. The van der Waals surface area contributed by atoms with Crippen molar-refractivity contribution in [3.8, 4) is 11.5 Å². The summed E-state index contributed by atoms with van der Waals surface area (Å²) in [6.45, 7) is 0. The average molecular weight is 284 g/mol. The minimum absolute atomic E-state index is 0.00148. The summed E-state index contributed by atoms with van der Waals surface area (Å²) in [5.41, 5.74) is -1.02. The Morgan fingerprint density at radius 1 is 0.857 bits per heavy atom. The van der Waals surface area contributed by atoms with Crippen molar-refractivity contribution in [3.05, 3.63) is 58.1 Å². The van der Waals surface area contributed by atoms with Gasteiger partial charge in [0.2, 0.25) is 0 Å². The van der Waals surface area contributed by atoms with E-state index in [2.05, 4.69) is 0 Å². The van der Waals surface area contributed by atoms with Crippen molar-refractivity contribution < 1.29 is 29.7 Å². The van der Waals surface area contributed by atoms with Gasteiger partial charge in [-0.1, -0.05) is 0 Å². The Labute approximate surface area is 117 Å². The molecule has 0 heterocycles. The topological polar surface area (TPSA) is 112 Å². The van der Waals surface area contributed by atoms with E-state index in [1.54, 1.807) is 0 Å². The molecule has 2 aromatic rings. The first-order chi connectivity index (χ1) is 9.91. The highest BCUT2D eigenvalue weighted by Gasteiger charge is 2.35. The third-order valence-electron chi connectivity index (χ3n) is 3.36. The predicted octanol–water partition coefficient (Wildman–Crippen LogP) is 1.57. The lowest BCUT2D eigenvalue weighted by Gasteiger charge is -2.19. The minimum atomic E-state index is -1.49. The van der Waals surface area contributed by atoms with E-state index in [9.17, 15) is 24.6 Å². The Bertz CT molecular complexity index is 834. The SMILES string of the molecule is O=C1c2cc(O)ccc2C(=O)c2c1ccc(O)c2C(=O)O. The van der Waals surface area contributed by atoms with Crippen LogP contribution in [0, 0.1) is 0 Å². The van der Waals surface area contributed by atoms with Gasteiger partial charge in [-0.15, -0.1) is 0 Å². The van der Waals surface area contributed by atoms with Gasteiger partial charge >= 0.3 is 5.97 Å². The molecule has 0 saturated carbocycles. The molecule has 0 bridgehead atoms. The van der Waals surface area contributed by atoms with Crippen LogP contribution in [0.15, 0.2) is 30.3 Å². The molecule has 0 radical (unpaired) electrons. The van der Waals surface area contributed by atoms with Gasteiger partial charge in [0.15, 0.2) is 11.6 Å². The maximum absolute atomic E-state index is 12.4. The Hall–Kier alpha value is -3.15. The first kappa shape index (κ1) is 12.9. The Balaban J connectivity index is 2.38. The molecule has 0 spiro atoms. The first-order valence-electron chi connectivity index (χ1n) is 5.93. The van der Waals surface area contributed by atoms with Crippen molar-refractivity contribution in [1.29, 1.82) is 0 Å². The molecule has 1 aliphatic rings. The number of carboxylic acid groups (broad SMARTS) is 1. The minimum Gasteiger partial charge on any atom is -0.508 e. The van der Waals surface area contributed by atoms with Crippen LogP contribution in [0.1, 0.15) is 42.2 Å². The number of phenolic OH excluding ortho intramolecular Hbond substituents is 1. The lowest BCUT2D eigenvalue weighted by Crippen LogP contribution is -2.23. The van der Waals surface area contributed by atoms with Crippen LogP contribution in [0.4, 0.5) is 0 Å². The lowest BCUT2D eigenvalue weighted by atomic mass is 9.81. The van der Waals surface area contributed by atoms with Gasteiger partial charge in [-0.2, -0.15) is 0 Å². The van der Waals surface area contributed by atoms with Gasteiger partial charge in [0.25, 0.3) is 0 Å². The molecule has 0 atom stereocenters. The molecule has 3 N–H and O–H groups in total. The number of phenols is 2. The van der Waals surface area contributed by atoms with E-state index in [1.165, 1.54) is 18.2 Å². The van der Waals surface area contributed by atoms with E-state index in [4.69, 9.17) is 5.11 Å². The number of carbonyl (C=O) groups is 3. The van der Waals surface area contributed by atoms with Gasteiger partial charge < -0.3 is 15.3 Å². The van der Waals surface area contributed by atoms with Crippen molar-refractivity contribution >= 4 is 17.5 Å². The number of hydrogen-bond acceptors (Lipinski definition) is 5. The van der Waals surface area contributed by atoms with Gasteiger partial charge in [-0.05, 0) is 30.3 Å². The lowest BCUT2D eigenvalue weighted by molar-refractivity contribution is 0.0689. The molecule has 3 rings (SSSR count). The number of hydrogen-bond donors (Lipinski definition) is 3. The molecular weight excluding hydrogens is 276 g/mol. The van der Waals surface area contributed by atoms with Gasteiger partial charge in [0.1, 0.15) is 17.1 Å². The highest BCUT2D eigenvalue weighted by Crippen LogP contribution is 2.34. The fraction of sp³-hybridized carbons (Fsp3) is 0. The second-order valence-electron chi connectivity index (χ2n) is 4.58. The number of aromatic carboxylic acids is 1. The van der Waals surface area contributed by atoms with Crippen molar-refractivity contribution in [1.82, 2.24) is 0 Å². The maximum atomic E-state index is 12.4. The molecule has 6 heteroatoms. The van der Waals surface area contributed by atoms with E-state index < -0.39 is 28.8 Å². The summed E-state index contributed by atoms with van der Waals surface area (Å²) < 4.78 is 0. The second-order valence-corrected chi connectivity index (χ2v) is 4.58. The molecule has 0 aromatic heterocycles. The van der Waals surface area contributed by atoms with Crippen LogP contribution >= 0.6 is 0 Å². The highest BCUT2D eigenvalue weighted by atomic mass is 16.4. The normalized spacial score (nSPS) is 12.8. The zero-order chi connectivity index (χ0) is 15.3. The third kappa shape index (κ3) is 1.69. The van der Waals surface area contributed by atoms with Crippen LogP contribution in [0.25, 0.3) is 0 Å². The number of carboxylic acids is 1. The first-order valence-corrected chi connectivity index (χ1v) is 5.93. The number of benzene rings is 2. The van der Waals surface area contributed by atoms with Crippen LogP contribution in [0.5, 0.6) is 11.5 Å². The van der Waals surface area contributed by atoms with E-state index in [0.29, 0.717) is 0 Å². The van der Waals surface area contributed by atoms with Crippen LogP contribution in [-0.4, -0.2) is 32.9 Å². The van der Waals surface area contributed by atoms with Crippen LogP contribution in [-0.2, 0) is 0 Å². The van der Waals surface area contributed by atoms with E-state index in [1.807, 2.05) is 0 Å². The summed E-state index contributed by atoms with van der Waals surface area (Å²) in [5, 5.41) is 28.2.